The molecule has 0 amide bonds. The molecule has 1 fully saturated rings. The molecular weight excluding hydrogens is 312 g/mol. The number of rotatable bonds is 5. The summed E-state index contributed by atoms with van der Waals surface area (Å²) in [7, 11) is -1.36. The molecule has 1 aromatic carbocycles. The molecule has 0 saturated carbocycles. The predicted molar refractivity (Wildman–Crippen MR) is 91.0 cm³/mol. The fourth-order valence-corrected chi connectivity index (χ4v) is 4.98. The summed E-state index contributed by atoms with van der Waals surface area (Å²) in [5.74, 6) is 0. The highest BCUT2D eigenvalue weighted by molar-refractivity contribution is 7.88. The summed E-state index contributed by atoms with van der Waals surface area (Å²) in [6.07, 6.45) is 4.16. The minimum atomic E-state index is -3.08. The van der Waals surface area contributed by atoms with E-state index in [1.54, 1.807) is 11.4 Å². The number of nitrogens with one attached hydrogen (secondary N) is 1. The molecule has 5 nitrogen and oxygen atoms in total. The minimum absolute atomic E-state index is 0.114. The maximum atomic E-state index is 11.8. The first-order valence-electron chi connectivity index (χ1n) is 8.23. The topological polar surface area (TPSA) is 58.6 Å². The van der Waals surface area contributed by atoms with Crippen LogP contribution in [0, 0.1) is 0 Å². The second-order valence-corrected chi connectivity index (χ2v) is 8.72. The van der Waals surface area contributed by atoms with Gasteiger partial charge >= 0.3 is 0 Å². The van der Waals surface area contributed by atoms with Crippen LogP contribution in [-0.4, -0.2) is 52.3 Å². The molecule has 128 valence electrons. The largest absolute Gasteiger partial charge is 0.383 e. The van der Waals surface area contributed by atoms with Gasteiger partial charge in [-0.2, -0.15) is 0 Å². The van der Waals surface area contributed by atoms with Gasteiger partial charge in [0.2, 0.25) is 10.0 Å². The third kappa shape index (κ3) is 3.31. The van der Waals surface area contributed by atoms with Crippen LogP contribution in [0.25, 0.3) is 0 Å². The van der Waals surface area contributed by atoms with Crippen LogP contribution in [0.1, 0.15) is 36.4 Å². The number of hydrogen-bond donors (Lipinski definition) is 1. The van der Waals surface area contributed by atoms with E-state index in [9.17, 15) is 8.42 Å². The van der Waals surface area contributed by atoms with Crippen LogP contribution in [0.3, 0.4) is 0 Å². The molecule has 1 heterocycles. The molecule has 1 aliphatic heterocycles. The Morgan fingerprint density at radius 1 is 1.30 bits per heavy atom. The highest BCUT2D eigenvalue weighted by Crippen LogP contribution is 2.50. The van der Waals surface area contributed by atoms with Crippen LogP contribution in [0.4, 0.5) is 0 Å². The zero-order valence-electron chi connectivity index (χ0n) is 13.9. The van der Waals surface area contributed by atoms with E-state index in [1.165, 1.54) is 17.4 Å². The standard InChI is InChI=1S/C17H26N2O3S/c1-22-12-9-18-16-13-17(15-6-4-3-5-14(15)16)7-10-19(11-8-17)23(2,20)21/h3-6,16,18H,7-13H2,1-2H3. The summed E-state index contributed by atoms with van der Waals surface area (Å²) in [6, 6.07) is 8.96. The maximum absolute atomic E-state index is 11.8. The number of nitrogens with zero attached hydrogens (tertiary/aromatic N) is 1. The lowest BCUT2D eigenvalue weighted by molar-refractivity contribution is 0.188. The Morgan fingerprint density at radius 2 is 2.00 bits per heavy atom. The van der Waals surface area contributed by atoms with Crippen LogP contribution in [0.5, 0.6) is 0 Å². The molecule has 1 aliphatic carbocycles. The minimum Gasteiger partial charge on any atom is -0.383 e. The Hall–Kier alpha value is -0.950. The Bertz CT molecular complexity index is 652. The number of benzene rings is 1. The third-order valence-corrected chi connectivity index (χ3v) is 6.65. The molecule has 6 heteroatoms. The van der Waals surface area contributed by atoms with E-state index in [0.717, 1.165) is 25.8 Å². The van der Waals surface area contributed by atoms with E-state index in [4.69, 9.17) is 4.74 Å². The lowest BCUT2D eigenvalue weighted by Gasteiger charge is -2.39. The Morgan fingerprint density at radius 3 is 2.65 bits per heavy atom. The van der Waals surface area contributed by atoms with Gasteiger partial charge in [-0.3, -0.25) is 0 Å². The zero-order chi connectivity index (χ0) is 16.5. The van der Waals surface area contributed by atoms with Crippen molar-refractivity contribution in [3.63, 3.8) is 0 Å². The molecule has 23 heavy (non-hydrogen) atoms. The average Bonchev–Trinajstić information content (AvgIpc) is 2.82. The SMILES string of the molecule is COCCNC1CC2(CCN(S(C)(=O)=O)CC2)c2ccccc21. The van der Waals surface area contributed by atoms with Crippen molar-refractivity contribution in [2.24, 2.45) is 0 Å². The molecule has 3 rings (SSSR count). The maximum Gasteiger partial charge on any atom is 0.211 e. The van der Waals surface area contributed by atoms with E-state index >= 15 is 0 Å². The molecule has 1 spiro atoms. The van der Waals surface area contributed by atoms with Gasteiger partial charge in [-0.25, -0.2) is 12.7 Å². The van der Waals surface area contributed by atoms with Crippen LogP contribution in [0.15, 0.2) is 24.3 Å². The third-order valence-electron chi connectivity index (χ3n) is 5.35. The van der Waals surface area contributed by atoms with Gasteiger partial charge in [0.15, 0.2) is 0 Å². The summed E-state index contributed by atoms with van der Waals surface area (Å²) >= 11 is 0. The summed E-state index contributed by atoms with van der Waals surface area (Å²) in [5, 5.41) is 3.59. The number of methoxy groups -OCH3 is 1. The van der Waals surface area contributed by atoms with Crippen molar-refractivity contribution in [3.05, 3.63) is 35.4 Å². The highest BCUT2D eigenvalue weighted by atomic mass is 32.2. The first-order valence-corrected chi connectivity index (χ1v) is 10.1. The highest BCUT2D eigenvalue weighted by Gasteiger charge is 2.46. The van der Waals surface area contributed by atoms with Gasteiger partial charge in [0.25, 0.3) is 0 Å². The van der Waals surface area contributed by atoms with Crippen LogP contribution < -0.4 is 5.32 Å². The van der Waals surface area contributed by atoms with Gasteiger partial charge < -0.3 is 10.1 Å². The van der Waals surface area contributed by atoms with Crippen molar-refractivity contribution >= 4 is 10.0 Å². The average molecular weight is 338 g/mol. The van der Waals surface area contributed by atoms with Crippen LogP contribution in [-0.2, 0) is 20.2 Å². The van der Waals surface area contributed by atoms with E-state index in [-0.39, 0.29) is 5.41 Å². The normalized spacial score (nSPS) is 24.0. The first kappa shape index (κ1) is 16.9. The van der Waals surface area contributed by atoms with Crippen molar-refractivity contribution < 1.29 is 13.2 Å². The zero-order valence-corrected chi connectivity index (χ0v) is 14.7. The predicted octanol–water partition coefficient (Wildman–Crippen LogP) is 1.66. The second kappa shape index (κ2) is 6.51. The molecule has 2 aliphatic rings. The number of sulfonamides is 1. The quantitative estimate of drug-likeness (QED) is 0.830. The fourth-order valence-electron chi connectivity index (χ4n) is 4.13. The second-order valence-electron chi connectivity index (χ2n) is 6.73. The van der Waals surface area contributed by atoms with Gasteiger partial charge in [-0.1, -0.05) is 24.3 Å². The number of hydrogen-bond acceptors (Lipinski definition) is 4. The van der Waals surface area contributed by atoms with E-state index < -0.39 is 10.0 Å². The van der Waals surface area contributed by atoms with E-state index in [2.05, 4.69) is 29.6 Å². The van der Waals surface area contributed by atoms with Gasteiger partial charge in [-0.05, 0) is 35.8 Å². The van der Waals surface area contributed by atoms with Crippen molar-refractivity contribution in [3.8, 4) is 0 Å². The smallest absolute Gasteiger partial charge is 0.211 e. The molecule has 1 N–H and O–H groups in total. The van der Waals surface area contributed by atoms with Crippen molar-refractivity contribution in [1.82, 2.24) is 9.62 Å². The van der Waals surface area contributed by atoms with E-state index in [0.29, 0.717) is 25.7 Å². The molecular formula is C17H26N2O3S. The summed E-state index contributed by atoms with van der Waals surface area (Å²) in [6.45, 7) is 2.78. The van der Waals surface area contributed by atoms with E-state index in [1.807, 2.05) is 0 Å². The lowest BCUT2D eigenvalue weighted by atomic mass is 9.74. The Balaban J connectivity index is 1.79. The van der Waals surface area contributed by atoms with Gasteiger partial charge in [0.1, 0.15) is 0 Å². The molecule has 0 aromatic heterocycles. The molecule has 1 unspecified atom stereocenters. The van der Waals surface area contributed by atoms with Gasteiger partial charge in [0.05, 0.1) is 12.9 Å². The number of fused-ring (bicyclic) bond motifs is 2. The molecule has 1 aromatic rings. The summed E-state index contributed by atoms with van der Waals surface area (Å²) < 4.78 is 30.3. The Kier molecular flexibility index (Phi) is 4.78. The molecule has 1 saturated heterocycles. The summed E-state index contributed by atoms with van der Waals surface area (Å²) in [5.41, 5.74) is 2.89. The Labute approximate surface area is 139 Å². The molecule has 0 bridgehead atoms. The van der Waals surface area contributed by atoms with Crippen LogP contribution in [0.2, 0.25) is 0 Å². The van der Waals surface area contributed by atoms with Crippen molar-refractivity contribution in [2.45, 2.75) is 30.7 Å². The van der Waals surface area contributed by atoms with Gasteiger partial charge in [0, 0.05) is 32.8 Å². The first-order chi connectivity index (χ1) is 11.0. The monoisotopic (exact) mass is 338 g/mol. The number of piperidine rings is 1. The fraction of sp³-hybridized carbons (Fsp3) is 0.647. The lowest BCUT2D eigenvalue weighted by Crippen LogP contribution is -2.44. The van der Waals surface area contributed by atoms with Crippen molar-refractivity contribution in [2.75, 3.05) is 39.6 Å². The van der Waals surface area contributed by atoms with Crippen molar-refractivity contribution in [1.29, 1.82) is 0 Å². The number of ether oxygens (including phenoxy) is 1. The molecule has 1 atom stereocenters. The van der Waals surface area contributed by atoms with Crippen LogP contribution >= 0.6 is 0 Å². The summed E-state index contributed by atoms with van der Waals surface area (Å²) in [4.78, 5) is 0. The van der Waals surface area contributed by atoms with Gasteiger partial charge in [-0.15, -0.1) is 0 Å². The molecule has 0 radical (unpaired) electrons.